The molecule has 0 aromatic carbocycles. The fourth-order valence-electron chi connectivity index (χ4n) is 5.43. The Morgan fingerprint density at radius 2 is 1.65 bits per heavy atom. The molecular formula is C26H33FN8O4S. The maximum absolute atomic E-state index is 13.5. The van der Waals surface area contributed by atoms with E-state index in [1.54, 1.807) is 54.8 Å². The van der Waals surface area contributed by atoms with Crippen LogP contribution < -0.4 is 16.3 Å². The summed E-state index contributed by atoms with van der Waals surface area (Å²) in [5.74, 6) is 0. The zero-order chi connectivity index (χ0) is 28.4. The molecule has 12 nitrogen and oxygen atoms in total. The second-order valence-electron chi connectivity index (χ2n) is 11.0. The second-order valence-corrected chi connectivity index (χ2v) is 11.5. The van der Waals surface area contributed by atoms with Crippen molar-refractivity contribution in [2.75, 3.05) is 13.1 Å². The minimum atomic E-state index is -0.627. The zero-order valence-electron chi connectivity index (χ0n) is 22.7. The van der Waals surface area contributed by atoms with Crippen molar-refractivity contribution in [2.45, 2.75) is 76.6 Å². The number of aromatic nitrogens is 5. The first-order chi connectivity index (χ1) is 19.2. The maximum Gasteiger partial charge on any atom is 0.408 e. The van der Waals surface area contributed by atoms with Crippen LogP contribution in [0.25, 0.3) is 11.2 Å². The van der Waals surface area contributed by atoms with Crippen molar-refractivity contribution >= 4 is 35.6 Å². The summed E-state index contributed by atoms with van der Waals surface area (Å²) in [6.07, 6.45) is 7.26. The number of carbonyl (C=O) groups is 2. The van der Waals surface area contributed by atoms with Gasteiger partial charge in [0.1, 0.15) is 5.60 Å². The molecule has 1 aliphatic carbocycles. The van der Waals surface area contributed by atoms with Crippen LogP contribution in [0.2, 0.25) is 0 Å². The number of urea groups is 1. The van der Waals surface area contributed by atoms with Gasteiger partial charge in [-0.05, 0) is 65.0 Å². The van der Waals surface area contributed by atoms with Crippen LogP contribution in [0.4, 0.5) is 13.5 Å². The molecule has 1 fully saturated rings. The third-order valence-corrected chi connectivity index (χ3v) is 7.64. The van der Waals surface area contributed by atoms with Gasteiger partial charge in [-0.3, -0.25) is 14.5 Å². The van der Waals surface area contributed by atoms with E-state index in [2.05, 4.69) is 25.6 Å². The molecule has 0 unspecified atom stereocenters. The smallest absolute Gasteiger partial charge is 0.408 e. The Balaban J connectivity index is 1.26. The van der Waals surface area contributed by atoms with Crippen LogP contribution in [-0.4, -0.2) is 59.2 Å². The van der Waals surface area contributed by atoms with Gasteiger partial charge in [0, 0.05) is 37.7 Å². The van der Waals surface area contributed by atoms with E-state index in [4.69, 9.17) is 4.74 Å². The summed E-state index contributed by atoms with van der Waals surface area (Å²) in [5.41, 5.74) is 1.01. The van der Waals surface area contributed by atoms with Gasteiger partial charge in [-0.2, -0.15) is 3.97 Å². The van der Waals surface area contributed by atoms with Crippen molar-refractivity contribution in [3.63, 3.8) is 0 Å². The predicted octanol–water partition coefficient (Wildman–Crippen LogP) is 4.21. The Morgan fingerprint density at radius 3 is 2.27 bits per heavy atom. The van der Waals surface area contributed by atoms with Crippen LogP contribution in [0.5, 0.6) is 0 Å². The molecule has 3 amide bonds. The third-order valence-electron chi connectivity index (χ3n) is 7.17. The van der Waals surface area contributed by atoms with Crippen LogP contribution in [0, 0.1) is 0 Å². The molecule has 0 radical (unpaired) electrons. The van der Waals surface area contributed by atoms with Gasteiger partial charge in [0.2, 0.25) is 0 Å². The molecule has 2 N–H and O–H groups in total. The lowest BCUT2D eigenvalue weighted by molar-refractivity contribution is 0.0499. The highest BCUT2D eigenvalue weighted by Gasteiger charge is 2.33. The molecule has 0 bridgehead atoms. The Labute approximate surface area is 235 Å². The van der Waals surface area contributed by atoms with E-state index in [1.807, 2.05) is 0 Å². The lowest BCUT2D eigenvalue weighted by Crippen LogP contribution is -2.46. The highest BCUT2D eigenvalue weighted by molar-refractivity contribution is 7.92. The number of fused-ring (bicyclic) bond motifs is 2. The molecule has 0 saturated carbocycles. The highest BCUT2D eigenvalue weighted by Crippen LogP contribution is 2.33. The van der Waals surface area contributed by atoms with E-state index < -0.39 is 17.4 Å². The van der Waals surface area contributed by atoms with Gasteiger partial charge in [-0.1, -0.05) is 0 Å². The van der Waals surface area contributed by atoms with Gasteiger partial charge >= 0.3 is 17.8 Å². The van der Waals surface area contributed by atoms with Crippen molar-refractivity contribution in [3.8, 4) is 0 Å². The molecule has 0 spiro atoms. The quantitative estimate of drug-likeness (QED) is 0.444. The van der Waals surface area contributed by atoms with Crippen LogP contribution in [-0.2, 0) is 4.74 Å². The largest absolute Gasteiger partial charge is 0.444 e. The molecular weight excluding hydrogens is 539 g/mol. The van der Waals surface area contributed by atoms with Crippen LogP contribution >= 0.6 is 12.3 Å². The van der Waals surface area contributed by atoms with Crippen LogP contribution in [0.1, 0.15) is 82.4 Å². The molecule has 5 rings (SSSR count). The van der Waals surface area contributed by atoms with Crippen molar-refractivity contribution in [1.29, 1.82) is 0 Å². The van der Waals surface area contributed by atoms with Gasteiger partial charge in [0.05, 0.1) is 29.0 Å². The molecule has 3 aromatic heterocycles. The topological polar surface area (TPSA) is 136 Å². The van der Waals surface area contributed by atoms with Gasteiger partial charge in [0.25, 0.3) is 0 Å². The molecule has 2 atom stereocenters. The normalized spacial score (nSPS) is 20.1. The van der Waals surface area contributed by atoms with Crippen molar-refractivity contribution in [3.05, 3.63) is 52.6 Å². The van der Waals surface area contributed by atoms with Gasteiger partial charge < -0.3 is 20.3 Å². The number of alkyl carbamates (subject to hydrolysis) is 1. The second kappa shape index (κ2) is 11.4. The van der Waals surface area contributed by atoms with Crippen molar-refractivity contribution in [1.82, 2.24) is 39.0 Å². The van der Waals surface area contributed by atoms with Gasteiger partial charge in [-0.25, -0.2) is 19.4 Å². The number of imidazole rings is 1. The summed E-state index contributed by atoms with van der Waals surface area (Å²) in [5, 5.41) is 6.02. The number of hydrogen-bond donors (Lipinski definition) is 2. The Hall–Kier alpha value is -3.68. The summed E-state index contributed by atoms with van der Waals surface area (Å²) >= 11 is -0.159. The number of carbonyl (C=O) groups excluding carboxylic acids is 2. The number of amides is 3. The number of piperidine rings is 1. The number of halogens is 1. The average Bonchev–Trinajstić information content (AvgIpc) is 3.10. The summed E-state index contributed by atoms with van der Waals surface area (Å²) < 4.78 is 21.5. The van der Waals surface area contributed by atoms with E-state index in [0.717, 1.165) is 10.4 Å². The molecule has 1 saturated heterocycles. The number of ether oxygens (including phenoxy) is 1. The maximum atomic E-state index is 13.5. The molecule has 4 heterocycles. The number of pyridine rings is 1. The van der Waals surface area contributed by atoms with Crippen molar-refractivity contribution in [2.24, 2.45) is 0 Å². The molecule has 214 valence electrons. The summed E-state index contributed by atoms with van der Waals surface area (Å²) in [7, 11) is 0. The van der Waals surface area contributed by atoms with Gasteiger partial charge in [-0.15, -0.1) is 3.89 Å². The monoisotopic (exact) mass is 572 g/mol. The summed E-state index contributed by atoms with van der Waals surface area (Å²) in [6, 6.07) is 2.32. The fraction of sp³-hybridized carbons (Fsp3) is 0.538. The van der Waals surface area contributed by atoms with E-state index in [1.165, 1.54) is 6.20 Å². The summed E-state index contributed by atoms with van der Waals surface area (Å²) in [4.78, 5) is 53.6. The van der Waals surface area contributed by atoms with Crippen LogP contribution in [0.15, 0.2) is 35.5 Å². The van der Waals surface area contributed by atoms with Crippen LogP contribution in [0.3, 0.4) is 0 Å². The third kappa shape index (κ3) is 5.76. The Morgan fingerprint density at radius 1 is 1.00 bits per heavy atom. The number of rotatable bonds is 4. The average molecular weight is 573 g/mol. The number of nitrogens with zero attached hydrogens (tertiary/aromatic N) is 6. The van der Waals surface area contributed by atoms with E-state index in [-0.39, 0.29) is 42.1 Å². The number of likely N-dealkylation sites (tertiary alicyclic amines) is 1. The van der Waals surface area contributed by atoms with E-state index >= 15 is 0 Å². The molecule has 14 heteroatoms. The van der Waals surface area contributed by atoms with E-state index in [9.17, 15) is 18.3 Å². The molecule has 40 heavy (non-hydrogen) atoms. The first kappa shape index (κ1) is 27.9. The fourth-order valence-corrected chi connectivity index (χ4v) is 5.79. The standard InChI is InChI=1S/C26H33FN8O4S/c1-26(2,3)39-24(37)32-18-7-4-6-17(20-21(18)29-13-12-28-20)31-23(36)33-14-9-16(10-15-33)34-19-8-5-11-30-22(19)35(40-27)25(34)38/h5,8,11-13,16-18H,4,6-7,9-10,14-15H2,1-3H3,(H,31,36)(H,32,37)/t17-,18+/m1/s1. The van der Waals surface area contributed by atoms with Crippen molar-refractivity contribution < 1.29 is 18.2 Å². The highest BCUT2D eigenvalue weighted by atomic mass is 32.2. The number of hydrogen-bond acceptors (Lipinski definition) is 8. The minimum absolute atomic E-state index is 0.159. The Bertz CT molecular complexity index is 1450. The summed E-state index contributed by atoms with van der Waals surface area (Å²) in [6.45, 7) is 6.28. The minimum Gasteiger partial charge on any atom is -0.444 e. The lowest BCUT2D eigenvalue weighted by atomic mass is 10.0. The molecule has 3 aromatic rings. The molecule has 2 aliphatic rings. The first-order valence-electron chi connectivity index (χ1n) is 13.4. The Kier molecular flexibility index (Phi) is 7.97. The molecule has 1 aliphatic heterocycles. The first-order valence-corrected chi connectivity index (χ1v) is 14.1. The SMILES string of the molecule is CC(C)(C)OC(=O)N[C@H]1CCC[C@@H](NC(=O)N2CCC(n3c(=O)n(SF)c4ncccc43)CC2)c2nccnc21. The van der Waals surface area contributed by atoms with E-state index in [0.29, 0.717) is 55.7 Å². The predicted molar refractivity (Wildman–Crippen MR) is 147 cm³/mol. The van der Waals surface area contributed by atoms with Gasteiger partial charge in [0.15, 0.2) is 18.0 Å². The lowest BCUT2D eigenvalue weighted by Gasteiger charge is -2.33. The zero-order valence-corrected chi connectivity index (χ0v) is 23.5. The number of nitrogens with one attached hydrogen (secondary N) is 2.